The monoisotopic (exact) mass is 794 g/mol. The average Bonchev–Trinajstić information content (AvgIpc) is 3.20. The maximum atomic E-state index is 12.4. The molecule has 2 atom stereocenters. The smallest absolute Gasteiger partial charge is 0.305 e. The first-order valence-corrected chi connectivity index (χ1v) is 25.3. The molecule has 1 amide bonds. The number of rotatable bonds is 47. The van der Waals surface area contributed by atoms with Crippen molar-refractivity contribution >= 4 is 11.9 Å². The van der Waals surface area contributed by atoms with Gasteiger partial charge in [-0.15, -0.1) is 0 Å². The van der Waals surface area contributed by atoms with E-state index in [0.29, 0.717) is 25.9 Å². The fourth-order valence-electron chi connectivity index (χ4n) is 7.99. The number of hydrogen-bond acceptors (Lipinski definition) is 5. The molecule has 6 nitrogen and oxygen atoms in total. The van der Waals surface area contributed by atoms with Gasteiger partial charge in [-0.2, -0.15) is 0 Å². The minimum atomic E-state index is -0.670. The fourth-order valence-corrected chi connectivity index (χ4v) is 7.99. The summed E-state index contributed by atoms with van der Waals surface area (Å²) in [6, 6.07) is -0.549. The quantitative estimate of drug-likeness (QED) is 0.0421. The zero-order chi connectivity index (χ0) is 40.8. The van der Waals surface area contributed by atoms with Crippen molar-refractivity contribution in [1.29, 1.82) is 0 Å². The Hall–Kier alpha value is -1.14. The molecule has 0 saturated carbocycles. The summed E-state index contributed by atoms with van der Waals surface area (Å²) in [5.41, 5.74) is 0. The Morgan fingerprint density at radius 1 is 0.429 bits per heavy atom. The summed E-state index contributed by atoms with van der Waals surface area (Å²) in [7, 11) is 0. The largest absolute Gasteiger partial charge is 0.466 e. The van der Waals surface area contributed by atoms with E-state index in [9.17, 15) is 19.8 Å². The van der Waals surface area contributed by atoms with Gasteiger partial charge in [0.1, 0.15) is 0 Å². The van der Waals surface area contributed by atoms with Crippen LogP contribution in [0.1, 0.15) is 284 Å². The van der Waals surface area contributed by atoms with Gasteiger partial charge in [-0.05, 0) is 25.7 Å². The summed E-state index contributed by atoms with van der Waals surface area (Å²) in [5.74, 6) is -0.0565. The number of amides is 1. The Balaban J connectivity index is 3.39. The van der Waals surface area contributed by atoms with Crippen molar-refractivity contribution in [3.63, 3.8) is 0 Å². The van der Waals surface area contributed by atoms with Gasteiger partial charge >= 0.3 is 5.97 Å². The molecule has 0 aromatic rings. The lowest BCUT2D eigenvalue weighted by Crippen LogP contribution is -2.45. The van der Waals surface area contributed by atoms with Gasteiger partial charge in [0.15, 0.2) is 0 Å². The van der Waals surface area contributed by atoms with E-state index in [0.717, 1.165) is 57.8 Å². The number of nitrogens with one attached hydrogen (secondary N) is 1. The highest BCUT2D eigenvalue weighted by Gasteiger charge is 2.20. The average molecular weight is 794 g/mol. The summed E-state index contributed by atoms with van der Waals surface area (Å²) >= 11 is 0. The molecule has 0 radical (unpaired) electrons. The molecule has 0 aromatic heterocycles. The first kappa shape index (κ1) is 54.9. The minimum absolute atomic E-state index is 0.00487. The zero-order valence-electron chi connectivity index (χ0n) is 37.9. The van der Waals surface area contributed by atoms with Crippen molar-refractivity contribution < 1.29 is 24.5 Å². The second kappa shape index (κ2) is 46.5. The van der Waals surface area contributed by atoms with E-state index >= 15 is 0 Å². The molecule has 0 aliphatic carbocycles. The number of carbonyl (C=O) groups excluding carboxylic acids is 2. The summed E-state index contributed by atoms with van der Waals surface area (Å²) < 4.78 is 5.47. The maximum absolute atomic E-state index is 12.4. The highest BCUT2D eigenvalue weighted by atomic mass is 16.5. The van der Waals surface area contributed by atoms with Gasteiger partial charge in [0.2, 0.25) is 5.91 Å². The van der Waals surface area contributed by atoms with Crippen LogP contribution in [-0.4, -0.2) is 47.4 Å². The number of unbranched alkanes of at least 4 members (excludes halogenated alkanes) is 36. The second-order valence-corrected chi connectivity index (χ2v) is 17.5. The van der Waals surface area contributed by atoms with Crippen LogP contribution >= 0.6 is 0 Å². The van der Waals surface area contributed by atoms with Crippen LogP contribution in [0.25, 0.3) is 0 Å². The van der Waals surface area contributed by atoms with E-state index in [1.165, 1.54) is 193 Å². The van der Waals surface area contributed by atoms with E-state index in [4.69, 9.17) is 4.74 Å². The molecule has 0 bridgehead atoms. The topological polar surface area (TPSA) is 95.9 Å². The molecule has 0 spiro atoms. The van der Waals surface area contributed by atoms with E-state index in [2.05, 4.69) is 19.2 Å². The summed E-state index contributed by atoms with van der Waals surface area (Å²) in [6.07, 6.45) is 50.8. The van der Waals surface area contributed by atoms with Crippen molar-refractivity contribution in [2.45, 2.75) is 296 Å². The lowest BCUT2D eigenvalue weighted by Gasteiger charge is -2.22. The third-order valence-corrected chi connectivity index (χ3v) is 11.9. The Morgan fingerprint density at radius 3 is 1.09 bits per heavy atom. The zero-order valence-corrected chi connectivity index (χ0v) is 37.9. The van der Waals surface area contributed by atoms with Crippen molar-refractivity contribution in [1.82, 2.24) is 5.32 Å². The lowest BCUT2D eigenvalue weighted by molar-refractivity contribution is -0.143. The first-order valence-electron chi connectivity index (χ1n) is 25.3. The van der Waals surface area contributed by atoms with Crippen LogP contribution in [0.15, 0.2) is 0 Å². The van der Waals surface area contributed by atoms with E-state index in [1.807, 2.05) is 0 Å². The number of esters is 1. The molecule has 0 aliphatic rings. The van der Waals surface area contributed by atoms with Crippen LogP contribution in [-0.2, 0) is 14.3 Å². The minimum Gasteiger partial charge on any atom is -0.466 e. The number of aliphatic hydroxyl groups excluding tert-OH is 2. The van der Waals surface area contributed by atoms with Gasteiger partial charge in [0.05, 0.1) is 25.4 Å². The fraction of sp³-hybridized carbons (Fsp3) is 0.960. The number of hydrogen-bond donors (Lipinski definition) is 3. The molecule has 334 valence electrons. The number of ether oxygens (including phenoxy) is 1. The van der Waals surface area contributed by atoms with Crippen LogP contribution < -0.4 is 5.32 Å². The SMILES string of the molecule is CCCCCCCCCCCCCCCCCCCCC(=O)OCCCCCCCCCCCCCCC(=O)NC(CO)C(O)CCCCCCCCCCC. The molecule has 0 fully saturated rings. The Labute approximate surface area is 349 Å². The number of carbonyl (C=O) groups is 2. The molecule has 3 N–H and O–H groups in total. The predicted octanol–water partition coefficient (Wildman–Crippen LogP) is 14.8. The van der Waals surface area contributed by atoms with Gasteiger partial charge < -0.3 is 20.3 Å². The number of aliphatic hydroxyl groups is 2. The van der Waals surface area contributed by atoms with E-state index in [1.54, 1.807) is 0 Å². The van der Waals surface area contributed by atoms with Crippen LogP contribution in [0.3, 0.4) is 0 Å². The molecule has 2 unspecified atom stereocenters. The molecular formula is C50H99NO5. The van der Waals surface area contributed by atoms with E-state index < -0.39 is 12.1 Å². The van der Waals surface area contributed by atoms with Gasteiger partial charge in [0.25, 0.3) is 0 Å². The summed E-state index contributed by atoms with van der Waals surface area (Å²) in [6.45, 7) is 4.91. The van der Waals surface area contributed by atoms with Crippen LogP contribution in [0.4, 0.5) is 0 Å². The predicted molar refractivity (Wildman–Crippen MR) is 241 cm³/mol. The van der Waals surface area contributed by atoms with E-state index in [-0.39, 0.29) is 18.5 Å². The van der Waals surface area contributed by atoms with Crippen LogP contribution in [0, 0.1) is 0 Å². The second-order valence-electron chi connectivity index (χ2n) is 17.5. The van der Waals surface area contributed by atoms with Crippen LogP contribution in [0.5, 0.6) is 0 Å². The van der Waals surface area contributed by atoms with Gasteiger partial charge in [-0.25, -0.2) is 0 Å². The summed E-state index contributed by atoms with van der Waals surface area (Å²) in [5, 5.41) is 23.0. The van der Waals surface area contributed by atoms with Gasteiger partial charge in [-0.3, -0.25) is 9.59 Å². The molecule has 56 heavy (non-hydrogen) atoms. The van der Waals surface area contributed by atoms with Crippen molar-refractivity contribution in [3.05, 3.63) is 0 Å². The molecule has 0 saturated heterocycles. The normalized spacial score (nSPS) is 12.6. The lowest BCUT2D eigenvalue weighted by atomic mass is 10.0. The van der Waals surface area contributed by atoms with Crippen LogP contribution in [0.2, 0.25) is 0 Å². The molecule has 0 aliphatic heterocycles. The van der Waals surface area contributed by atoms with Gasteiger partial charge in [-0.1, -0.05) is 245 Å². The molecule has 6 heteroatoms. The molecular weight excluding hydrogens is 695 g/mol. The molecule has 0 aromatic carbocycles. The molecule has 0 heterocycles. The Kier molecular flexibility index (Phi) is 45.6. The third kappa shape index (κ3) is 42.5. The third-order valence-electron chi connectivity index (χ3n) is 11.9. The van der Waals surface area contributed by atoms with Crippen molar-refractivity contribution in [2.24, 2.45) is 0 Å². The highest BCUT2D eigenvalue weighted by Crippen LogP contribution is 2.17. The Bertz CT molecular complexity index is 791. The van der Waals surface area contributed by atoms with Crippen molar-refractivity contribution in [2.75, 3.05) is 13.2 Å². The standard InChI is InChI=1S/C50H99NO5/c1-3-5-7-9-11-13-14-15-16-17-18-19-20-24-28-32-36-40-44-50(55)56-45-41-37-33-29-25-22-21-23-27-31-35-39-43-49(54)51-47(46-52)48(53)42-38-34-30-26-12-10-8-6-4-2/h47-48,52-53H,3-46H2,1-2H3,(H,51,54). The van der Waals surface area contributed by atoms with Crippen molar-refractivity contribution in [3.8, 4) is 0 Å². The molecule has 0 rings (SSSR count). The summed E-state index contributed by atoms with van der Waals surface area (Å²) in [4.78, 5) is 24.4. The first-order chi connectivity index (χ1) is 27.5. The maximum Gasteiger partial charge on any atom is 0.305 e. The Morgan fingerprint density at radius 2 is 0.732 bits per heavy atom. The highest BCUT2D eigenvalue weighted by molar-refractivity contribution is 5.76. The van der Waals surface area contributed by atoms with Gasteiger partial charge in [0, 0.05) is 12.8 Å².